The smallest absolute Gasteiger partial charge is 0.292 e. The molecule has 1 amide bonds. The van der Waals surface area contributed by atoms with Crippen LogP contribution in [0.4, 0.5) is 11.4 Å². The Kier molecular flexibility index (Phi) is 7.21. The zero-order chi connectivity index (χ0) is 22.3. The highest BCUT2D eigenvalue weighted by Gasteiger charge is 2.31. The molecule has 4 rings (SSSR count). The van der Waals surface area contributed by atoms with Crippen molar-refractivity contribution in [3.8, 4) is 5.75 Å². The van der Waals surface area contributed by atoms with Crippen molar-refractivity contribution in [2.45, 2.75) is 12.8 Å². The Morgan fingerprint density at radius 2 is 1.59 bits per heavy atom. The summed E-state index contributed by atoms with van der Waals surface area (Å²) >= 11 is 0. The topological polar surface area (TPSA) is 79.2 Å². The van der Waals surface area contributed by atoms with E-state index in [-0.39, 0.29) is 22.4 Å². The van der Waals surface area contributed by atoms with Gasteiger partial charge in [0.15, 0.2) is 0 Å². The Morgan fingerprint density at radius 1 is 0.938 bits per heavy atom. The molecule has 8 heteroatoms. The number of rotatable bonds is 7. The number of nitrogens with zero attached hydrogens (tertiary/aromatic N) is 4. The van der Waals surface area contributed by atoms with Gasteiger partial charge < -0.3 is 14.5 Å². The number of nitro benzene ring substituents is 1. The van der Waals surface area contributed by atoms with Crippen molar-refractivity contribution in [2.24, 2.45) is 5.92 Å². The first-order valence-electron chi connectivity index (χ1n) is 11.3. The van der Waals surface area contributed by atoms with Crippen LogP contribution < -0.4 is 9.64 Å². The number of anilines is 1. The molecule has 0 spiro atoms. The van der Waals surface area contributed by atoms with Gasteiger partial charge in [-0.25, -0.2) is 0 Å². The van der Waals surface area contributed by atoms with Gasteiger partial charge in [0.25, 0.3) is 5.69 Å². The summed E-state index contributed by atoms with van der Waals surface area (Å²) in [6.45, 7) is 6.03. The maximum Gasteiger partial charge on any atom is 0.292 e. The molecule has 0 aromatic heterocycles. The van der Waals surface area contributed by atoms with E-state index < -0.39 is 0 Å². The number of amides is 1. The Labute approximate surface area is 188 Å². The Balaban J connectivity index is 1.20. The minimum Gasteiger partial charge on any atom is -0.492 e. The molecule has 2 aromatic rings. The van der Waals surface area contributed by atoms with E-state index in [1.54, 1.807) is 12.1 Å². The number of carbonyl (C=O) groups excluding carboxylic acids is 1. The maximum absolute atomic E-state index is 13.0. The molecule has 0 radical (unpaired) electrons. The SMILES string of the molecule is O=C(C1CCN(c2ccccc2[N+](=O)[O-])CC1)N1CCN(CCOc2ccccc2)CC1. The molecule has 32 heavy (non-hydrogen) atoms. The molecule has 8 nitrogen and oxygen atoms in total. The first kappa shape index (κ1) is 22.1. The highest BCUT2D eigenvalue weighted by atomic mass is 16.6. The summed E-state index contributed by atoms with van der Waals surface area (Å²) in [6, 6.07) is 16.7. The zero-order valence-corrected chi connectivity index (χ0v) is 18.3. The summed E-state index contributed by atoms with van der Waals surface area (Å²) in [4.78, 5) is 30.4. The van der Waals surface area contributed by atoms with Gasteiger partial charge in [0, 0.05) is 57.8 Å². The number of para-hydroxylation sites is 3. The number of nitro groups is 1. The van der Waals surface area contributed by atoms with Crippen molar-refractivity contribution in [2.75, 3.05) is 57.3 Å². The largest absolute Gasteiger partial charge is 0.492 e. The predicted octanol–water partition coefficient (Wildman–Crippen LogP) is 3.03. The highest BCUT2D eigenvalue weighted by molar-refractivity contribution is 5.79. The summed E-state index contributed by atoms with van der Waals surface area (Å²) in [6.07, 6.45) is 1.46. The van der Waals surface area contributed by atoms with Crippen LogP contribution >= 0.6 is 0 Å². The molecule has 2 heterocycles. The normalized spacial score (nSPS) is 17.9. The summed E-state index contributed by atoms with van der Waals surface area (Å²) in [5, 5.41) is 11.3. The van der Waals surface area contributed by atoms with E-state index in [2.05, 4.69) is 4.90 Å². The summed E-state index contributed by atoms with van der Waals surface area (Å²) in [7, 11) is 0. The van der Waals surface area contributed by atoms with Crippen LogP contribution in [0, 0.1) is 16.0 Å². The Hall–Kier alpha value is -3.13. The number of hydrogen-bond donors (Lipinski definition) is 0. The van der Waals surface area contributed by atoms with Crippen molar-refractivity contribution in [3.05, 3.63) is 64.7 Å². The first-order chi connectivity index (χ1) is 15.6. The fourth-order valence-corrected chi connectivity index (χ4v) is 4.51. The molecule has 2 aliphatic rings. The average molecular weight is 439 g/mol. The molecule has 2 saturated heterocycles. The molecule has 0 N–H and O–H groups in total. The molecule has 0 saturated carbocycles. The van der Waals surface area contributed by atoms with Gasteiger partial charge in [0.2, 0.25) is 5.91 Å². The number of carbonyl (C=O) groups is 1. The average Bonchev–Trinajstić information content (AvgIpc) is 2.85. The Bertz CT molecular complexity index is 907. The van der Waals surface area contributed by atoms with Crippen LogP contribution in [0.5, 0.6) is 5.75 Å². The van der Waals surface area contributed by atoms with Crippen molar-refractivity contribution >= 4 is 17.3 Å². The lowest BCUT2D eigenvalue weighted by molar-refractivity contribution is -0.384. The van der Waals surface area contributed by atoms with E-state index in [4.69, 9.17) is 4.74 Å². The van der Waals surface area contributed by atoms with Crippen LogP contribution in [-0.2, 0) is 4.79 Å². The van der Waals surface area contributed by atoms with Crippen LogP contribution in [0.1, 0.15) is 12.8 Å². The van der Waals surface area contributed by atoms with E-state index in [1.807, 2.05) is 46.2 Å². The summed E-state index contributed by atoms with van der Waals surface area (Å²) < 4.78 is 5.78. The third-order valence-electron chi connectivity index (χ3n) is 6.37. The molecule has 0 unspecified atom stereocenters. The molecular weight excluding hydrogens is 408 g/mol. The van der Waals surface area contributed by atoms with Crippen molar-refractivity contribution in [3.63, 3.8) is 0 Å². The van der Waals surface area contributed by atoms with Crippen molar-refractivity contribution in [1.29, 1.82) is 0 Å². The standard InChI is InChI=1S/C24H30N4O4/c29-24(20-10-12-26(13-11-20)22-8-4-5-9-23(22)28(30)31)27-16-14-25(15-17-27)18-19-32-21-6-2-1-3-7-21/h1-9,20H,10-19H2. The van der Waals surface area contributed by atoms with Crippen molar-refractivity contribution < 1.29 is 14.5 Å². The summed E-state index contributed by atoms with van der Waals surface area (Å²) in [5.74, 6) is 1.11. The van der Waals surface area contributed by atoms with Gasteiger partial charge in [-0.15, -0.1) is 0 Å². The first-order valence-corrected chi connectivity index (χ1v) is 11.3. The van der Waals surface area contributed by atoms with E-state index in [1.165, 1.54) is 6.07 Å². The molecular formula is C24H30N4O4. The van der Waals surface area contributed by atoms with Crippen LogP contribution in [0.3, 0.4) is 0 Å². The van der Waals surface area contributed by atoms with Gasteiger partial charge in [-0.1, -0.05) is 30.3 Å². The summed E-state index contributed by atoms with van der Waals surface area (Å²) in [5.41, 5.74) is 0.777. The number of piperazine rings is 1. The van der Waals surface area contributed by atoms with E-state index >= 15 is 0 Å². The van der Waals surface area contributed by atoms with E-state index in [9.17, 15) is 14.9 Å². The second-order valence-electron chi connectivity index (χ2n) is 8.34. The second kappa shape index (κ2) is 10.5. The van der Waals surface area contributed by atoms with Crippen LogP contribution in [0.2, 0.25) is 0 Å². The van der Waals surface area contributed by atoms with Crippen molar-refractivity contribution in [1.82, 2.24) is 9.80 Å². The second-order valence-corrected chi connectivity index (χ2v) is 8.34. The van der Waals surface area contributed by atoms with E-state index in [0.717, 1.165) is 51.3 Å². The number of piperidine rings is 1. The minimum atomic E-state index is -0.336. The minimum absolute atomic E-state index is 0.00184. The van der Waals surface area contributed by atoms with Crippen LogP contribution in [-0.4, -0.2) is 73.1 Å². The van der Waals surface area contributed by atoms with Crippen LogP contribution in [0.25, 0.3) is 0 Å². The van der Waals surface area contributed by atoms with Gasteiger partial charge in [0.05, 0.1) is 4.92 Å². The Morgan fingerprint density at radius 3 is 2.28 bits per heavy atom. The third kappa shape index (κ3) is 5.37. The predicted molar refractivity (Wildman–Crippen MR) is 123 cm³/mol. The number of benzene rings is 2. The van der Waals surface area contributed by atoms with Gasteiger partial charge in [-0.2, -0.15) is 0 Å². The third-order valence-corrected chi connectivity index (χ3v) is 6.37. The fourth-order valence-electron chi connectivity index (χ4n) is 4.51. The van der Waals surface area contributed by atoms with Gasteiger partial charge in [-0.05, 0) is 31.0 Å². The van der Waals surface area contributed by atoms with E-state index in [0.29, 0.717) is 25.4 Å². The monoisotopic (exact) mass is 438 g/mol. The van der Waals surface area contributed by atoms with Gasteiger partial charge in [0.1, 0.15) is 18.0 Å². The lowest BCUT2D eigenvalue weighted by Crippen LogP contribution is -2.52. The number of hydrogen-bond acceptors (Lipinski definition) is 6. The molecule has 0 atom stereocenters. The molecule has 2 fully saturated rings. The molecule has 0 aliphatic carbocycles. The highest BCUT2D eigenvalue weighted by Crippen LogP contribution is 2.31. The quantitative estimate of drug-likeness (QED) is 0.488. The molecule has 170 valence electrons. The lowest BCUT2D eigenvalue weighted by atomic mass is 9.94. The molecule has 2 aromatic carbocycles. The zero-order valence-electron chi connectivity index (χ0n) is 18.3. The fraction of sp³-hybridized carbons (Fsp3) is 0.458. The number of ether oxygens (including phenoxy) is 1. The van der Waals surface area contributed by atoms with Gasteiger partial charge in [-0.3, -0.25) is 19.8 Å². The van der Waals surface area contributed by atoms with Crippen LogP contribution in [0.15, 0.2) is 54.6 Å². The molecule has 0 bridgehead atoms. The molecule has 2 aliphatic heterocycles. The lowest BCUT2D eigenvalue weighted by Gasteiger charge is -2.38. The van der Waals surface area contributed by atoms with Gasteiger partial charge >= 0.3 is 0 Å². The maximum atomic E-state index is 13.0.